The van der Waals surface area contributed by atoms with Crippen LogP contribution in [-0.2, 0) is 4.79 Å². The molecule has 1 saturated carbocycles. The highest BCUT2D eigenvalue weighted by molar-refractivity contribution is 7.99. The minimum atomic E-state index is 0.0132. The number of amides is 1. The molecule has 110 valence electrons. The van der Waals surface area contributed by atoms with Gasteiger partial charge in [0, 0.05) is 23.2 Å². The summed E-state index contributed by atoms with van der Waals surface area (Å²) in [6.45, 7) is 0.710. The predicted molar refractivity (Wildman–Crippen MR) is 84.7 cm³/mol. The van der Waals surface area contributed by atoms with Crippen molar-refractivity contribution in [3.63, 3.8) is 0 Å². The van der Waals surface area contributed by atoms with E-state index < -0.39 is 0 Å². The number of hydrogen-bond donors (Lipinski definition) is 2. The van der Waals surface area contributed by atoms with Crippen LogP contribution >= 0.6 is 11.8 Å². The van der Waals surface area contributed by atoms with Gasteiger partial charge in [0.15, 0.2) is 0 Å². The molecular weight excluding hydrogens is 268 g/mol. The largest absolute Gasteiger partial charge is 0.355 e. The Kier molecular flexibility index (Phi) is 6.40. The number of hydrogen-bond acceptors (Lipinski definition) is 3. The quantitative estimate of drug-likeness (QED) is 0.498. The summed E-state index contributed by atoms with van der Waals surface area (Å²) in [7, 11) is 0. The monoisotopic (exact) mass is 292 g/mol. The molecule has 1 aliphatic rings. The summed E-state index contributed by atoms with van der Waals surface area (Å²) < 4.78 is 0. The summed E-state index contributed by atoms with van der Waals surface area (Å²) in [5.41, 5.74) is 6.11. The second-order valence-electron chi connectivity index (χ2n) is 5.36. The van der Waals surface area contributed by atoms with Crippen LogP contribution in [0.15, 0.2) is 35.2 Å². The first-order valence-electron chi connectivity index (χ1n) is 7.48. The van der Waals surface area contributed by atoms with Crippen molar-refractivity contribution in [3.8, 4) is 0 Å². The molecule has 1 aromatic carbocycles. The summed E-state index contributed by atoms with van der Waals surface area (Å²) >= 11 is 1.77. The van der Waals surface area contributed by atoms with E-state index in [2.05, 4.69) is 17.4 Å². The molecule has 1 aromatic rings. The third kappa shape index (κ3) is 4.84. The summed E-state index contributed by atoms with van der Waals surface area (Å²) in [6, 6.07) is 10.3. The Balaban J connectivity index is 1.69. The average molecular weight is 292 g/mol. The maximum Gasteiger partial charge on any atom is 0.224 e. The fourth-order valence-corrected chi connectivity index (χ4v) is 3.44. The second kappa shape index (κ2) is 8.32. The summed E-state index contributed by atoms with van der Waals surface area (Å²) in [4.78, 5) is 13.4. The highest BCUT2D eigenvalue weighted by atomic mass is 32.2. The van der Waals surface area contributed by atoms with Crippen molar-refractivity contribution in [1.29, 1.82) is 0 Å². The van der Waals surface area contributed by atoms with Crippen LogP contribution < -0.4 is 11.1 Å². The van der Waals surface area contributed by atoms with Crippen LogP contribution in [0, 0.1) is 5.92 Å². The molecule has 1 amide bonds. The standard InChI is InChI=1S/C16H24N2OS/c17-15-10-6-2-5-9-14(15)16(19)18-11-12-20-13-7-3-1-4-8-13/h1,3-4,7-8,14-15H,2,5-6,9-12,17H2,(H,18,19). The number of carbonyl (C=O) groups is 1. The molecule has 2 atom stereocenters. The highest BCUT2D eigenvalue weighted by Crippen LogP contribution is 2.22. The van der Waals surface area contributed by atoms with E-state index in [0.717, 1.165) is 31.4 Å². The molecule has 0 heterocycles. The van der Waals surface area contributed by atoms with Crippen LogP contribution in [0.25, 0.3) is 0 Å². The van der Waals surface area contributed by atoms with Gasteiger partial charge < -0.3 is 11.1 Å². The van der Waals surface area contributed by atoms with Crippen LogP contribution in [0.3, 0.4) is 0 Å². The van der Waals surface area contributed by atoms with Crippen molar-refractivity contribution < 1.29 is 4.79 Å². The third-order valence-corrected chi connectivity index (χ3v) is 4.83. The minimum absolute atomic E-state index is 0.0132. The molecule has 0 radical (unpaired) electrons. The summed E-state index contributed by atoms with van der Waals surface area (Å²) in [5, 5.41) is 3.04. The van der Waals surface area contributed by atoms with E-state index in [9.17, 15) is 4.79 Å². The van der Waals surface area contributed by atoms with Crippen LogP contribution in [0.4, 0.5) is 0 Å². The first kappa shape index (κ1) is 15.4. The van der Waals surface area contributed by atoms with Crippen LogP contribution in [0.1, 0.15) is 32.1 Å². The van der Waals surface area contributed by atoms with Gasteiger partial charge >= 0.3 is 0 Å². The molecule has 0 bridgehead atoms. The third-order valence-electron chi connectivity index (χ3n) is 3.82. The van der Waals surface area contributed by atoms with Gasteiger partial charge in [-0.15, -0.1) is 11.8 Å². The Morgan fingerprint density at radius 1 is 1.20 bits per heavy atom. The van der Waals surface area contributed by atoms with E-state index in [-0.39, 0.29) is 17.9 Å². The van der Waals surface area contributed by atoms with E-state index in [1.807, 2.05) is 18.2 Å². The van der Waals surface area contributed by atoms with Gasteiger partial charge in [0.2, 0.25) is 5.91 Å². The molecule has 0 aliphatic heterocycles. The molecular formula is C16H24N2OS. The first-order valence-corrected chi connectivity index (χ1v) is 8.47. The Hall–Kier alpha value is -1.00. The van der Waals surface area contributed by atoms with E-state index in [1.165, 1.54) is 11.3 Å². The molecule has 0 saturated heterocycles. The molecule has 1 fully saturated rings. The predicted octanol–water partition coefficient (Wildman–Crippen LogP) is 2.80. The highest BCUT2D eigenvalue weighted by Gasteiger charge is 2.26. The summed E-state index contributed by atoms with van der Waals surface area (Å²) in [5.74, 6) is 1.06. The molecule has 2 rings (SSSR count). The Bertz CT molecular complexity index is 410. The van der Waals surface area contributed by atoms with Crippen molar-refractivity contribution in [2.24, 2.45) is 11.7 Å². The molecule has 0 aromatic heterocycles. The topological polar surface area (TPSA) is 55.1 Å². The Morgan fingerprint density at radius 2 is 1.95 bits per heavy atom. The number of nitrogens with one attached hydrogen (secondary N) is 1. The fourth-order valence-electron chi connectivity index (χ4n) is 2.65. The lowest BCUT2D eigenvalue weighted by Gasteiger charge is -2.20. The van der Waals surface area contributed by atoms with Gasteiger partial charge in [-0.25, -0.2) is 0 Å². The zero-order valence-corrected chi connectivity index (χ0v) is 12.7. The van der Waals surface area contributed by atoms with Gasteiger partial charge in [-0.2, -0.15) is 0 Å². The van der Waals surface area contributed by atoms with Crippen molar-refractivity contribution in [3.05, 3.63) is 30.3 Å². The van der Waals surface area contributed by atoms with Crippen LogP contribution in [0.5, 0.6) is 0 Å². The van der Waals surface area contributed by atoms with E-state index in [0.29, 0.717) is 6.54 Å². The minimum Gasteiger partial charge on any atom is -0.355 e. The molecule has 3 nitrogen and oxygen atoms in total. The molecule has 4 heteroatoms. The van der Waals surface area contributed by atoms with E-state index in [1.54, 1.807) is 11.8 Å². The SMILES string of the molecule is NC1CCCCCC1C(=O)NCCSc1ccccc1. The molecule has 20 heavy (non-hydrogen) atoms. The van der Waals surface area contributed by atoms with Gasteiger partial charge in [-0.05, 0) is 25.0 Å². The maximum absolute atomic E-state index is 12.2. The molecule has 2 unspecified atom stereocenters. The number of rotatable bonds is 5. The number of benzene rings is 1. The lowest BCUT2D eigenvalue weighted by Crippen LogP contribution is -2.41. The van der Waals surface area contributed by atoms with Gasteiger partial charge in [0.05, 0.1) is 5.92 Å². The summed E-state index contributed by atoms with van der Waals surface area (Å²) in [6.07, 6.45) is 5.43. The van der Waals surface area contributed by atoms with Crippen molar-refractivity contribution >= 4 is 17.7 Å². The smallest absolute Gasteiger partial charge is 0.224 e. The van der Waals surface area contributed by atoms with Gasteiger partial charge in [0.1, 0.15) is 0 Å². The number of nitrogens with two attached hydrogens (primary N) is 1. The second-order valence-corrected chi connectivity index (χ2v) is 6.53. The zero-order chi connectivity index (χ0) is 14.2. The van der Waals surface area contributed by atoms with Crippen LogP contribution in [-0.4, -0.2) is 24.2 Å². The van der Waals surface area contributed by atoms with E-state index >= 15 is 0 Å². The number of thioether (sulfide) groups is 1. The zero-order valence-electron chi connectivity index (χ0n) is 11.9. The molecule has 0 spiro atoms. The Morgan fingerprint density at radius 3 is 2.75 bits per heavy atom. The lowest BCUT2D eigenvalue weighted by molar-refractivity contribution is -0.125. The van der Waals surface area contributed by atoms with Gasteiger partial charge in [-0.3, -0.25) is 4.79 Å². The molecule has 3 N–H and O–H groups in total. The normalized spacial score (nSPS) is 23.1. The first-order chi connectivity index (χ1) is 9.77. The van der Waals surface area contributed by atoms with Gasteiger partial charge in [-0.1, -0.05) is 37.5 Å². The molecule has 1 aliphatic carbocycles. The average Bonchev–Trinajstić information content (AvgIpc) is 2.69. The van der Waals surface area contributed by atoms with Crippen molar-refractivity contribution in [2.75, 3.05) is 12.3 Å². The van der Waals surface area contributed by atoms with Crippen molar-refractivity contribution in [1.82, 2.24) is 5.32 Å². The van der Waals surface area contributed by atoms with Crippen molar-refractivity contribution in [2.45, 2.75) is 43.0 Å². The fraction of sp³-hybridized carbons (Fsp3) is 0.562. The lowest BCUT2D eigenvalue weighted by atomic mass is 9.95. The maximum atomic E-state index is 12.2. The Labute approximate surface area is 125 Å². The van der Waals surface area contributed by atoms with Gasteiger partial charge in [0.25, 0.3) is 0 Å². The van der Waals surface area contributed by atoms with E-state index in [4.69, 9.17) is 5.73 Å². The number of carbonyl (C=O) groups excluding carboxylic acids is 1. The van der Waals surface area contributed by atoms with Crippen LogP contribution in [0.2, 0.25) is 0 Å².